The zero-order valence-electron chi connectivity index (χ0n) is 18.2. The number of amides is 1. The third kappa shape index (κ3) is 6.07. The molecule has 0 radical (unpaired) electrons. The Labute approximate surface area is 191 Å². The molecule has 0 fully saturated rings. The molecule has 0 saturated carbocycles. The lowest BCUT2D eigenvalue weighted by Crippen LogP contribution is -2.41. The molecule has 0 heterocycles. The fourth-order valence-electron chi connectivity index (χ4n) is 3.18. The van der Waals surface area contributed by atoms with E-state index in [4.69, 9.17) is 4.74 Å². The van der Waals surface area contributed by atoms with Crippen molar-refractivity contribution in [3.63, 3.8) is 0 Å². The molecule has 9 heteroatoms. The minimum atomic E-state index is -4.22. The molecule has 1 amide bonds. The van der Waals surface area contributed by atoms with Crippen LogP contribution in [0.1, 0.15) is 25.5 Å². The van der Waals surface area contributed by atoms with Crippen LogP contribution in [0.15, 0.2) is 77.7 Å². The SMILES string of the molecule is CCOc1ccc(C(C)NC(=O)CN(c2ccc(F)cc2)S(=O)(=O)c2ccc(F)cc2)cc1. The first-order valence-corrected chi connectivity index (χ1v) is 11.7. The van der Waals surface area contributed by atoms with E-state index in [9.17, 15) is 22.0 Å². The van der Waals surface area contributed by atoms with E-state index >= 15 is 0 Å². The van der Waals surface area contributed by atoms with Crippen molar-refractivity contribution in [3.05, 3.63) is 90.0 Å². The zero-order chi connectivity index (χ0) is 24.0. The maximum absolute atomic E-state index is 13.4. The first-order valence-electron chi connectivity index (χ1n) is 10.3. The van der Waals surface area contributed by atoms with Gasteiger partial charge in [-0.25, -0.2) is 17.2 Å². The highest BCUT2D eigenvalue weighted by atomic mass is 32.2. The van der Waals surface area contributed by atoms with E-state index in [1.165, 1.54) is 12.1 Å². The van der Waals surface area contributed by atoms with E-state index < -0.39 is 40.2 Å². The Hall–Kier alpha value is -3.46. The first-order chi connectivity index (χ1) is 15.7. The quantitative estimate of drug-likeness (QED) is 0.498. The molecule has 0 aliphatic heterocycles. The van der Waals surface area contributed by atoms with Crippen molar-refractivity contribution in [2.24, 2.45) is 0 Å². The Morgan fingerprint density at radius 3 is 2.03 bits per heavy atom. The Morgan fingerprint density at radius 2 is 1.48 bits per heavy atom. The molecule has 1 atom stereocenters. The van der Waals surface area contributed by atoms with Crippen molar-refractivity contribution < 1.29 is 26.7 Å². The summed E-state index contributed by atoms with van der Waals surface area (Å²) in [6.07, 6.45) is 0. The van der Waals surface area contributed by atoms with E-state index in [2.05, 4.69) is 5.32 Å². The van der Waals surface area contributed by atoms with Gasteiger partial charge in [0, 0.05) is 0 Å². The lowest BCUT2D eigenvalue weighted by molar-refractivity contribution is -0.120. The molecule has 6 nitrogen and oxygen atoms in total. The molecular weight excluding hydrogens is 450 g/mol. The van der Waals surface area contributed by atoms with Crippen LogP contribution in [0, 0.1) is 11.6 Å². The zero-order valence-corrected chi connectivity index (χ0v) is 19.0. The number of sulfonamides is 1. The van der Waals surface area contributed by atoms with E-state index in [1.54, 1.807) is 19.1 Å². The van der Waals surface area contributed by atoms with Crippen LogP contribution in [0.25, 0.3) is 0 Å². The van der Waals surface area contributed by atoms with Crippen LogP contribution in [0.5, 0.6) is 5.75 Å². The van der Waals surface area contributed by atoms with Crippen LogP contribution in [-0.4, -0.2) is 27.5 Å². The van der Waals surface area contributed by atoms with E-state index in [-0.39, 0.29) is 10.6 Å². The molecule has 3 rings (SSSR count). The average molecular weight is 475 g/mol. The lowest BCUT2D eigenvalue weighted by Gasteiger charge is -2.25. The van der Waals surface area contributed by atoms with Gasteiger partial charge in [-0.2, -0.15) is 0 Å². The summed E-state index contributed by atoms with van der Waals surface area (Å²) >= 11 is 0. The number of halogens is 2. The van der Waals surface area contributed by atoms with Crippen molar-refractivity contribution in [2.75, 3.05) is 17.5 Å². The number of carbonyl (C=O) groups excluding carboxylic acids is 1. The fraction of sp³-hybridized carbons (Fsp3) is 0.208. The summed E-state index contributed by atoms with van der Waals surface area (Å²) in [5.41, 5.74) is 0.908. The second-order valence-corrected chi connectivity index (χ2v) is 9.10. The lowest BCUT2D eigenvalue weighted by atomic mass is 10.1. The highest BCUT2D eigenvalue weighted by Crippen LogP contribution is 2.24. The van der Waals surface area contributed by atoms with Gasteiger partial charge in [0.15, 0.2) is 0 Å². The largest absolute Gasteiger partial charge is 0.494 e. The van der Waals surface area contributed by atoms with Gasteiger partial charge in [-0.3, -0.25) is 9.10 Å². The number of rotatable bonds is 9. The van der Waals surface area contributed by atoms with Crippen molar-refractivity contribution in [3.8, 4) is 5.75 Å². The Kier molecular flexibility index (Phi) is 7.65. The van der Waals surface area contributed by atoms with Crippen LogP contribution in [0.2, 0.25) is 0 Å². The fourth-order valence-corrected chi connectivity index (χ4v) is 4.60. The molecule has 0 aliphatic carbocycles. The normalized spacial score (nSPS) is 12.1. The summed E-state index contributed by atoms with van der Waals surface area (Å²) in [5.74, 6) is -1.00. The van der Waals surface area contributed by atoms with Crippen molar-refractivity contribution in [1.29, 1.82) is 0 Å². The van der Waals surface area contributed by atoms with Gasteiger partial charge in [0.05, 0.1) is 23.2 Å². The van der Waals surface area contributed by atoms with Crippen LogP contribution >= 0.6 is 0 Å². The van der Waals surface area contributed by atoms with Crippen LogP contribution in [0.3, 0.4) is 0 Å². The van der Waals surface area contributed by atoms with Crippen molar-refractivity contribution >= 4 is 21.6 Å². The minimum absolute atomic E-state index is 0.101. The summed E-state index contributed by atoms with van der Waals surface area (Å²) in [7, 11) is -4.22. The summed E-state index contributed by atoms with van der Waals surface area (Å²) in [6, 6.07) is 15.8. The molecule has 0 spiro atoms. The number of benzene rings is 3. The van der Waals surface area contributed by atoms with Crippen molar-refractivity contribution in [2.45, 2.75) is 24.8 Å². The van der Waals surface area contributed by atoms with Gasteiger partial charge in [-0.15, -0.1) is 0 Å². The summed E-state index contributed by atoms with van der Waals surface area (Å²) in [6.45, 7) is 3.63. The minimum Gasteiger partial charge on any atom is -0.494 e. The second-order valence-electron chi connectivity index (χ2n) is 7.23. The molecule has 1 N–H and O–H groups in total. The van der Waals surface area contributed by atoms with Crippen LogP contribution < -0.4 is 14.4 Å². The van der Waals surface area contributed by atoms with Gasteiger partial charge in [0.2, 0.25) is 5.91 Å². The standard InChI is InChI=1S/C24H24F2N2O4S/c1-3-32-22-12-4-18(5-13-22)17(2)27-24(29)16-28(21-10-6-19(25)7-11-21)33(30,31)23-14-8-20(26)9-15-23/h4-15,17H,3,16H2,1-2H3,(H,27,29). The Morgan fingerprint density at radius 1 is 0.939 bits per heavy atom. The van der Waals surface area contributed by atoms with Gasteiger partial charge >= 0.3 is 0 Å². The first kappa shape index (κ1) is 24.2. The molecule has 0 saturated heterocycles. The molecule has 3 aromatic rings. The topological polar surface area (TPSA) is 75.7 Å². The highest BCUT2D eigenvalue weighted by Gasteiger charge is 2.28. The molecule has 0 bridgehead atoms. The molecule has 33 heavy (non-hydrogen) atoms. The van der Waals surface area contributed by atoms with Crippen LogP contribution in [0.4, 0.5) is 14.5 Å². The number of carbonyl (C=O) groups is 1. The molecule has 0 aromatic heterocycles. The Balaban J connectivity index is 1.83. The summed E-state index contributed by atoms with van der Waals surface area (Å²) in [5, 5.41) is 2.77. The second kappa shape index (κ2) is 10.4. The average Bonchev–Trinajstić information content (AvgIpc) is 2.79. The molecule has 174 valence electrons. The van der Waals surface area contributed by atoms with Crippen LogP contribution in [-0.2, 0) is 14.8 Å². The molecular formula is C24H24F2N2O4S. The monoisotopic (exact) mass is 474 g/mol. The number of hydrogen-bond donors (Lipinski definition) is 1. The molecule has 1 unspecified atom stereocenters. The number of anilines is 1. The maximum Gasteiger partial charge on any atom is 0.264 e. The van der Waals surface area contributed by atoms with Gasteiger partial charge < -0.3 is 10.1 Å². The highest BCUT2D eigenvalue weighted by molar-refractivity contribution is 7.92. The van der Waals surface area contributed by atoms with E-state index in [0.29, 0.717) is 12.4 Å². The van der Waals surface area contributed by atoms with E-state index in [1.807, 2.05) is 19.1 Å². The Bertz CT molecular complexity index is 1180. The number of nitrogens with one attached hydrogen (secondary N) is 1. The summed E-state index contributed by atoms with van der Waals surface area (Å²) in [4.78, 5) is 12.6. The van der Waals surface area contributed by atoms with Gasteiger partial charge in [-0.05, 0) is 80.1 Å². The number of ether oxygens (including phenoxy) is 1. The maximum atomic E-state index is 13.4. The summed E-state index contributed by atoms with van der Waals surface area (Å²) < 4.78 is 59.5. The number of nitrogens with zero attached hydrogens (tertiary/aromatic N) is 1. The van der Waals surface area contributed by atoms with Gasteiger partial charge in [0.25, 0.3) is 10.0 Å². The number of hydrogen-bond acceptors (Lipinski definition) is 4. The van der Waals surface area contributed by atoms with Gasteiger partial charge in [0.1, 0.15) is 23.9 Å². The van der Waals surface area contributed by atoms with E-state index in [0.717, 1.165) is 46.3 Å². The predicted molar refractivity (Wildman–Crippen MR) is 122 cm³/mol. The predicted octanol–water partition coefficient (Wildman–Crippen LogP) is 4.44. The molecule has 0 aliphatic rings. The van der Waals surface area contributed by atoms with Crippen molar-refractivity contribution in [1.82, 2.24) is 5.32 Å². The van der Waals surface area contributed by atoms with Gasteiger partial charge in [-0.1, -0.05) is 12.1 Å². The third-order valence-electron chi connectivity index (χ3n) is 4.87. The molecule has 3 aromatic carbocycles. The third-order valence-corrected chi connectivity index (χ3v) is 6.66. The smallest absolute Gasteiger partial charge is 0.264 e.